The molecule has 4 nitrogen and oxygen atoms in total. The zero-order valence-electron chi connectivity index (χ0n) is 6.87. The van der Waals surface area contributed by atoms with E-state index in [2.05, 4.69) is 9.47 Å². The van der Waals surface area contributed by atoms with Crippen LogP contribution >= 0.6 is 0 Å². The highest BCUT2D eigenvalue weighted by Crippen LogP contribution is 1.92. The molecule has 0 saturated carbocycles. The van der Waals surface area contributed by atoms with Gasteiger partial charge in [-0.15, -0.1) is 0 Å². The Hall–Kier alpha value is -0.770. The third-order valence-electron chi connectivity index (χ3n) is 1.02. The Kier molecular flexibility index (Phi) is 5.56. The van der Waals surface area contributed by atoms with Gasteiger partial charge in [0.25, 0.3) is 0 Å². The van der Waals surface area contributed by atoms with Crippen LogP contribution in [0.2, 0.25) is 0 Å². The van der Waals surface area contributed by atoms with Crippen LogP contribution in [0.4, 0.5) is 4.79 Å². The van der Waals surface area contributed by atoms with Gasteiger partial charge in [0.05, 0.1) is 19.3 Å². The van der Waals surface area contributed by atoms with Crippen molar-refractivity contribution < 1.29 is 19.4 Å². The first kappa shape index (κ1) is 10.2. The van der Waals surface area contributed by atoms with Crippen LogP contribution < -0.4 is 0 Å². The number of hydrogen-bond acceptors (Lipinski definition) is 4. The van der Waals surface area contributed by atoms with Gasteiger partial charge in [0.2, 0.25) is 0 Å². The number of ether oxygens (including phenoxy) is 2. The standard InChI is InChI=1S/C7H14O4/c1-3-10-7(9)11-5-4-6(2)8/h6,8H,3-5H2,1-2H3. The summed E-state index contributed by atoms with van der Waals surface area (Å²) in [4.78, 5) is 10.5. The number of carbonyl (C=O) groups is 1. The van der Waals surface area contributed by atoms with Crippen LogP contribution in [-0.2, 0) is 9.47 Å². The molecule has 0 fully saturated rings. The molecule has 66 valence electrons. The normalized spacial score (nSPS) is 12.3. The molecule has 0 aromatic rings. The second-order valence-corrected chi connectivity index (χ2v) is 2.17. The SMILES string of the molecule is CCOC(=O)OCCC(C)O. The fourth-order valence-electron chi connectivity index (χ4n) is 0.472. The van der Waals surface area contributed by atoms with Crippen LogP contribution in [-0.4, -0.2) is 30.6 Å². The van der Waals surface area contributed by atoms with Crippen molar-refractivity contribution >= 4 is 6.16 Å². The van der Waals surface area contributed by atoms with E-state index in [0.29, 0.717) is 13.0 Å². The molecule has 11 heavy (non-hydrogen) atoms. The Morgan fingerprint density at radius 1 is 1.55 bits per heavy atom. The van der Waals surface area contributed by atoms with Crippen molar-refractivity contribution in [1.29, 1.82) is 0 Å². The van der Waals surface area contributed by atoms with Gasteiger partial charge in [-0.3, -0.25) is 0 Å². The Labute approximate surface area is 66.1 Å². The smallest absolute Gasteiger partial charge is 0.435 e. The summed E-state index contributed by atoms with van der Waals surface area (Å²) >= 11 is 0. The molecule has 0 aromatic carbocycles. The molecule has 0 bridgehead atoms. The zero-order valence-corrected chi connectivity index (χ0v) is 6.87. The molecule has 1 N–H and O–H groups in total. The molecule has 0 heterocycles. The molecule has 4 heteroatoms. The highest BCUT2D eigenvalue weighted by atomic mass is 16.7. The monoisotopic (exact) mass is 162 g/mol. The Morgan fingerprint density at radius 3 is 2.64 bits per heavy atom. The molecular formula is C7H14O4. The maximum Gasteiger partial charge on any atom is 0.508 e. The summed E-state index contributed by atoms with van der Waals surface area (Å²) in [7, 11) is 0. The van der Waals surface area contributed by atoms with Crippen molar-refractivity contribution in [2.45, 2.75) is 26.4 Å². The number of rotatable bonds is 4. The van der Waals surface area contributed by atoms with Gasteiger partial charge in [0.1, 0.15) is 0 Å². The first-order valence-corrected chi connectivity index (χ1v) is 3.64. The van der Waals surface area contributed by atoms with Crippen molar-refractivity contribution in [1.82, 2.24) is 0 Å². The second-order valence-electron chi connectivity index (χ2n) is 2.17. The van der Waals surface area contributed by atoms with Crippen molar-refractivity contribution in [3.63, 3.8) is 0 Å². The van der Waals surface area contributed by atoms with E-state index in [0.717, 1.165) is 0 Å². The van der Waals surface area contributed by atoms with Crippen LogP contribution in [0.25, 0.3) is 0 Å². The first-order valence-electron chi connectivity index (χ1n) is 3.64. The van der Waals surface area contributed by atoms with E-state index in [1.54, 1.807) is 13.8 Å². The van der Waals surface area contributed by atoms with Crippen molar-refractivity contribution in [3.8, 4) is 0 Å². The molecule has 0 aliphatic heterocycles. The van der Waals surface area contributed by atoms with Gasteiger partial charge in [0, 0.05) is 6.42 Å². The molecular weight excluding hydrogens is 148 g/mol. The van der Waals surface area contributed by atoms with Crippen molar-refractivity contribution in [3.05, 3.63) is 0 Å². The molecule has 0 aliphatic carbocycles. The Balaban J connectivity index is 3.17. The lowest BCUT2D eigenvalue weighted by Crippen LogP contribution is -2.11. The predicted molar refractivity (Wildman–Crippen MR) is 39.3 cm³/mol. The van der Waals surface area contributed by atoms with Gasteiger partial charge in [0.15, 0.2) is 0 Å². The van der Waals surface area contributed by atoms with E-state index in [9.17, 15) is 4.79 Å². The fraction of sp³-hybridized carbons (Fsp3) is 0.857. The first-order chi connectivity index (χ1) is 5.16. The summed E-state index contributed by atoms with van der Waals surface area (Å²) in [5, 5.41) is 8.76. The summed E-state index contributed by atoms with van der Waals surface area (Å²) in [5.41, 5.74) is 0. The van der Waals surface area contributed by atoms with Gasteiger partial charge >= 0.3 is 6.16 Å². The maximum absolute atomic E-state index is 10.5. The zero-order chi connectivity index (χ0) is 8.69. The number of aliphatic hydroxyl groups excluding tert-OH is 1. The summed E-state index contributed by atoms with van der Waals surface area (Å²) in [6, 6.07) is 0. The summed E-state index contributed by atoms with van der Waals surface area (Å²) < 4.78 is 9.05. The second kappa shape index (κ2) is 5.97. The van der Waals surface area contributed by atoms with Gasteiger partial charge < -0.3 is 14.6 Å². The summed E-state index contributed by atoms with van der Waals surface area (Å²) in [5.74, 6) is 0. The number of hydrogen-bond donors (Lipinski definition) is 1. The van der Waals surface area contributed by atoms with Crippen LogP contribution in [0.1, 0.15) is 20.3 Å². The summed E-state index contributed by atoms with van der Waals surface area (Å²) in [6.07, 6.45) is -0.670. The largest absolute Gasteiger partial charge is 0.508 e. The van der Waals surface area contributed by atoms with Crippen molar-refractivity contribution in [2.24, 2.45) is 0 Å². The minimum atomic E-state index is -0.673. The lowest BCUT2D eigenvalue weighted by Gasteiger charge is -2.05. The third kappa shape index (κ3) is 7.12. The van der Waals surface area contributed by atoms with Crippen LogP contribution in [0.5, 0.6) is 0 Å². The molecule has 0 aromatic heterocycles. The van der Waals surface area contributed by atoms with Crippen LogP contribution in [0.3, 0.4) is 0 Å². The molecule has 1 unspecified atom stereocenters. The van der Waals surface area contributed by atoms with E-state index >= 15 is 0 Å². The number of aliphatic hydroxyl groups is 1. The molecule has 0 spiro atoms. The van der Waals surface area contributed by atoms with E-state index in [4.69, 9.17) is 5.11 Å². The maximum atomic E-state index is 10.5. The molecule has 0 saturated heterocycles. The quantitative estimate of drug-likeness (QED) is 0.625. The fourth-order valence-corrected chi connectivity index (χ4v) is 0.472. The third-order valence-corrected chi connectivity index (χ3v) is 1.02. The summed E-state index contributed by atoms with van der Waals surface area (Å²) in [6.45, 7) is 3.86. The molecule has 1 atom stereocenters. The topological polar surface area (TPSA) is 55.8 Å². The van der Waals surface area contributed by atoms with Gasteiger partial charge in [-0.05, 0) is 13.8 Å². The highest BCUT2D eigenvalue weighted by molar-refractivity contribution is 5.59. The van der Waals surface area contributed by atoms with Crippen molar-refractivity contribution in [2.75, 3.05) is 13.2 Å². The lowest BCUT2D eigenvalue weighted by molar-refractivity contribution is 0.0482. The minimum absolute atomic E-state index is 0.205. The Morgan fingerprint density at radius 2 is 2.18 bits per heavy atom. The Bertz CT molecular complexity index is 111. The molecule has 0 rings (SSSR count). The minimum Gasteiger partial charge on any atom is -0.435 e. The van der Waals surface area contributed by atoms with Gasteiger partial charge in [-0.25, -0.2) is 4.79 Å². The van der Waals surface area contributed by atoms with Gasteiger partial charge in [-0.2, -0.15) is 0 Å². The predicted octanol–water partition coefficient (Wildman–Crippen LogP) is 0.930. The average molecular weight is 162 g/mol. The highest BCUT2D eigenvalue weighted by Gasteiger charge is 2.02. The molecule has 0 amide bonds. The van der Waals surface area contributed by atoms with E-state index in [1.807, 2.05) is 0 Å². The molecule has 0 aliphatic rings. The average Bonchev–Trinajstić information content (AvgIpc) is 1.87. The van der Waals surface area contributed by atoms with Gasteiger partial charge in [-0.1, -0.05) is 0 Å². The lowest BCUT2D eigenvalue weighted by atomic mass is 10.3. The number of carbonyl (C=O) groups excluding carboxylic acids is 1. The van der Waals surface area contributed by atoms with E-state index in [-0.39, 0.29) is 6.61 Å². The van der Waals surface area contributed by atoms with E-state index in [1.165, 1.54) is 0 Å². The van der Waals surface area contributed by atoms with Crippen LogP contribution in [0, 0.1) is 0 Å². The van der Waals surface area contributed by atoms with E-state index < -0.39 is 12.3 Å². The van der Waals surface area contributed by atoms with Crippen LogP contribution in [0.15, 0.2) is 0 Å². The molecule has 0 radical (unpaired) electrons.